The van der Waals surface area contributed by atoms with Crippen LogP contribution in [-0.4, -0.2) is 36.9 Å². The highest BCUT2D eigenvalue weighted by molar-refractivity contribution is 5.14. The first-order valence-corrected chi connectivity index (χ1v) is 7.64. The zero-order chi connectivity index (χ0) is 14.3. The molecule has 0 bridgehead atoms. The maximum atomic E-state index is 5.53. The van der Waals surface area contributed by atoms with Crippen molar-refractivity contribution in [3.05, 3.63) is 0 Å². The summed E-state index contributed by atoms with van der Waals surface area (Å²) >= 11 is 0. The van der Waals surface area contributed by atoms with Gasteiger partial charge in [-0.05, 0) is 40.2 Å². The molecule has 2 unspecified atom stereocenters. The van der Waals surface area contributed by atoms with Crippen molar-refractivity contribution in [1.29, 1.82) is 0 Å². The third kappa shape index (κ3) is 7.57. The number of nitrogens with one attached hydrogen (secondary N) is 2. The molecule has 19 heavy (non-hydrogen) atoms. The molecule has 2 N–H and O–H groups in total. The van der Waals surface area contributed by atoms with Gasteiger partial charge in [0.25, 0.3) is 0 Å². The fourth-order valence-electron chi connectivity index (χ4n) is 2.04. The Labute approximate surface area is 118 Å². The molecule has 3 atom stereocenters. The SMILES string of the molecule is CC(C)NCCCCC#C[C@H](NC(C)C)C1OC1C. The summed E-state index contributed by atoms with van der Waals surface area (Å²) in [7, 11) is 0. The molecular weight excluding hydrogens is 236 g/mol. The van der Waals surface area contributed by atoms with E-state index in [1.54, 1.807) is 0 Å². The maximum Gasteiger partial charge on any atom is 0.110 e. The molecule has 0 radical (unpaired) electrons. The van der Waals surface area contributed by atoms with Crippen molar-refractivity contribution >= 4 is 0 Å². The largest absolute Gasteiger partial charge is 0.367 e. The Balaban J connectivity index is 2.18. The lowest BCUT2D eigenvalue weighted by Crippen LogP contribution is -2.38. The fourth-order valence-corrected chi connectivity index (χ4v) is 2.04. The highest BCUT2D eigenvalue weighted by Crippen LogP contribution is 2.24. The second-order valence-electron chi connectivity index (χ2n) is 5.99. The van der Waals surface area contributed by atoms with E-state index < -0.39 is 0 Å². The Kier molecular flexibility index (Phi) is 7.45. The summed E-state index contributed by atoms with van der Waals surface area (Å²) in [5.41, 5.74) is 0. The zero-order valence-corrected chi connectivity index (χ0v) is 13.1. The number of rotatable bonds is 8. The second-order valence-corrected chi connectivity index (χ2v) is 5.99. The molecule has 0 aromatic carbocycles. The number of epoxide rings is 1. The van der Waals surface area contributed by atoms with E-state index in [-0.39, 0.29) is 12.1 Å². The summed E-state index contributed by atoms with van der Waals surface area (Å²) in [6.45, 7) is 11.9. The molecule has 0 aromatic rings. The van der Waals surface area contributed by atoms with Crippen LogP contribution in [0, 0.1) is 11.8 Å². The van der Waals surface area contributed by atoms with E-state index in [2.05, 4.69) is 57.1 Å². The summed E-state index contributed by atoms with van der Waals surface area (Å²) in [6, 6.07) is 1.23. The van der Waals surface area contributed by atoms with Gasteiger partial charge in [-0.25, -0.2) is 0 Å². The molecule has 1 saturated heterocycles. The van der Waals surface area contributed by atoms with Crippen LogP contribution in [0.3, 0.4) is 0 Å². The molecule has 1 heterocycles. The highest BCUT2D eigenvalue weighted by Gasteiger charge is 2.40. The smallest absolute Gasteiger partial charge is 0.110 e. The lowest BCUT2D eigenvalue weighted by molar-refractivity contribution is 0.345. The quantitative estimate of drug-likeness (QED) is 0.402. The third-order valence-corrected chi connectivity index (χ3v) is 3.14. The predicted octanol–water partition coefficient (Wildman–Crippen LogP) is 2.31. The number of unbranched alkanes of at least 4 members (excludes halogenated alkanes) is 2. The topological polar surface area (TPSA) is 36.6 Å². The monoisotopic (exact) mass is 266 g/mol. The van der Waals surface area contributed by atoms with Crippen molar-refractivity contribution in [3.63, 3.8) is 0 Å². The Hall–Kier alpha value is -0.560. The van der Waals surface area contributed by atoms with E-state index >= 15 is 0 Å². The van der Waals surface area contributed by atoms with Crippen LogP contribution >= 0.6 is 0 Å². The molecule has 1 aliphatic rings. The molecule has 0 amide bonds. The summed E-state index contributed by atoms with van der Waals surface area (Å²) in [5, 5.41) is 6.90. The maximum absolute atomic E-state index is 5.53. The molecule has 1 aliphatic heterocycles. The summed E-state index contributed by atoms with van der Waals surface area (Å²) in [4.78, 5) is 0. The molecule has 1 fully saturated rings. The fraction of sp³-hybridized carbons (Fsp3) is 0.875. The molecule has 3 heteroatoms. The molecule has 3 nitrogen and oxygen atoms in total. The summed E-state index contributed by atoms with van der Waals surface area (Å²) in [6.07, 6.45) is 4.00. The van der Waals surface area contributed by atoms with Crippen molar-refractivity contribution in [2.75, 3.05) is 6.54 Å². The van der Waals surface area contributed by atoms with Crippen LogP contribution in [0.5, 0.6) is 0 Å². The number of hydrogen-bond donors (Lipinski definition) is 2. The van der Waals surface area contributed by atoms with Crippen LogP contribution < -0.4 is 10.6 Å². The first-order chi connectivity index (χ1) is 9.00. The first-order valence-electron chi connectivity index (χ1n) is 7.64. The lowest BCUT2D eigenvalue weighted by Gasteiger charge is -2.13. The molecule has 1 rings (SSSR count). The van der Waals surface area contributed by atoms with Crippen molar-refractivity contribution < 1.29 is 4.74 Å². The Morgan fingerprint density at radius 2 is 1.79 bits per heavy atom. The van der Waals surface area contributed by atoms with Gasteiger partial charge in [0.05, 0.1) is 12.1 Å². The molecule has 110 valence electrons. The van der Waals surface area contributed by atoms with Crippen LogP contribution in [-0.2, 0) is 4.74 Å². The lowest BCUT2D eigenvalue weighted by atomic mass is 10.1. The third-order valence-electron chi connectivity index (χ3n) is 3.14. The predicted molar refractivity (Wildman–Crippen MR) is 81.2 cm³/mol. The van der Waals surface area contributed by atoms with Gasteiger partial charge in [-0.1, -0.05) is 19.8 Å². The van der Waals surface area contributed by atoms with Crippen molar-refractivity contribution in [1.82, 2.24) is 10.6 Å². The first kappa shape index (κ1) is 16.5. The molecule has 0 spiro atoms. The average Bonchev–Trinajstić information content (AvgIpc) is 3.02. The van der Waals surface area contributed by atoms with Gasteiger partial charge in [0, 0.05) is 18.5 Å². The van der Waals surface area contributed by atoms with Crippen molar-refractivity contribution in [3.8, 4) is 11.8 Å². The van der Waals surface area contributed by atoms with E-state index in [4.69, 9.17) is 4.74 Å². The minimum Gasteiger partial charge on any atom is -0.367 e. The van der Waals surface area contributed by atoms with Crippen molar-refractivity contribution in [2.45, 2.75) is 84.2 Å². The van der Waals surface area contributed by atoms with Crippen LogP contribution in [0.4, 0.5) is 0 Å². The van der Waals surface area contributed by atoms with Gasteiger partial charge >= 0.3 is 0 Å². The molecular formula is C16H30N2O. The van der Waals surface area contributed by atoms with E-state index in [1.807, 2.05) is 0 Å². The highest BCUT2D eigenvalue weighted by atomic mass is 16.6. The van der Waals surface area contributed by atoms with Gasteiger partial charge in [0.2, 0.25) is 0 Å². The van der Waals surface area contributed by atoms with Gasteiger partial charge in [0.1, 0.15) is 6.10 Å². The van der Waals surface area contributed by atoms with E-state index in [9.17, 15) is 0 Å². The minimum absolute atomic E-state index is 0.198. The molecule has 0 saturated carbocycles. The zero-order valence-electron chi connectivity index (χ0n) is 13.1. The molecule has 0 aliphatic carbocycles. The number of hydrogen-bond acceptors (Lipinski definition) is 3. The van der Waals surface area contributed by atoms with Crippen LogP contribution in [0.15, 0.2) is 0 Å². The Morgan fingerprint density at radius 3 is 2.32 bits per heavy atom. The van der Waals surface area contributed by atoms with Crippen LogP contribution in [0.2, 0.25) is 0 Å². The van der Waals surface area contributed by atoms with Gasteiger partial charge < -0.3 is 10.1 Å². The van der Waals surface area contributed by atoms with Gasteiger partial charge in [-0.3, -0.25) is 5.32 Å². The standard InChI is InChI=1S/C16H30N2O/c1-12(2)17-11-9-7-6-8-10-15(18-13(3)4)16-14(5)19-16/h12-18H,6-7,9,11H2,1-5H3/t14?,15-,16?/m0/s1. The van der Waals surface area contributed by atoms with Gasteiger partial charge in [-0.2, -0.15) is 0 Å². The normalized spacial score (nSPS) is 23.3. The van der Waals surface area contributed by atoms with E-state index in [0.29, 0.717) is 18.2 Å². The molecule has 0 aromatic heterocycles. The second kappa shape index (κ2) is 8.58. The van der Waals surface area contributed by atoms with E-state index in [1.165, 1.54) is 12.8 Å². The summed E-state index contributed by atoms with van der Waals surface area (Å²) < 4.78 is 5.53. The van der Waals surface area contributed by atoms with Gasteiger partial charge in [0.15, 0.2) is 0 Å². The Morgan fingerprint density at radius 1 is 1.11 bits per heavy atom. The average molecular weight is 266 g/mol. The van der Waals surface area contributed by atoms with Gasteiger partial charge in [-0.15, -0.1) is 5.92 Å². The summed E-state index contributed by atoms with van der Waals surface area (Å²) in [5.74, 6) is 6.64. The number of ether oxygens (including phenoxy) is 1. The van der Waals surface area contributed by atoms with Crippen LogP contribution in [0.25, 0.3) is 0 Å². The van der Waals surface area contributed by atoms with Crippen molar-refractivity contribution in [2.24, 2.45) is 0 Å². The van der Waals surface area contributed by atoms with Crippen LogP contribution in [0.1, 0.15) is 53.9 Å². The minimum atomic E-state index is 0.198. The van der Waals surface area contributed by atoms with E-state index in [0.717, 1.165) is 13.0 Å². The Bertz CT molecular complexity index is 304.